The van der Waals surface area contributed by atoms with Crippen molar-refractivity contribution < 1.29 is 18.7 Å². The lowest BCUT2D eigenvalue weighted by atomic mass is 10.0. The third kappa shape index (κ3) is 4.54. The quantitative estimate of drug-likeness (QED) is 0.760. The second kappa shape index (κ2) is 8.75. The highest BCUT2D eigenvalue weighted by atomic mass is 35.5. The summed E-state index contributed by atoms with van der Waals surface area (Å²) in [7, 11) is 0. The fourth-order valence-corrected chi connectivity index (χ4v) is 3.23. The molecule has 1 aromatic heterocycles. The lowest BCUT2D eigenvalue weighted by molar-refractivity contribution is -0.131. The molecule has 0 spiro atoms. The Hall–Kier alpha value is -2.38. The summed E-state index contributed by atoms with van der Waals surface area (Å²) in [5.41, 5.74) is 0.650. The van der Waals surface area contributed by atoms with Crippen LogP contribution in [-0.2, 0) is 9.53 Å². The number of carbonyl (C=O) groups excluding carboxylic acids is 2. The van der Waals surface area contributed by atoms with E-state index >= 15 is 0 Å². The second-order valence-electron chi connectivity index (χ2n) is 7.12. The number of ether oxygens (including phenoxy) is 1. The SMILES string of the molecule is Cc1oc([C@H](NC(=O)[C@H]2CCCO2)C(C)C)nc1C(=O)Nc1ccccc1Cl. The number of aromatic nitrogens is 1. The highest BCUT2D eigenvalue weighted by molar-refractivity contribution is 6.33. The summed E-state index contributed by atoms with van der Waals surface area (Å²) >= 11 is 6.09. The Morgan fingerprint density at radius 3 is 2.68 bits per heavy atom. The minimum Gasteiger partial charge on any atom is -0.443 e. The van der Waals surface area contributed by atoms with Crippen LogP contribution in [0, 0.1) is 12.8 Å². The summed E-state index contributed by atoms with van der Waals surface area (Å²) in [6.45, 7) is 6.15. The van der Waals surface area contributed by atoms with E-state index < -0.39 is 18.1 Å². The van der Waals surface area contributed by atoms with Crippen LogP contribution in [0.3, 0.4) is 0 Å². The normalized spacial score (nSPS) is 17.5. The Kier molecular flexibility index (Phi) is 6.36. The molecular weight excluding hydrogens is 382 g/mol. The molecule has 2 aromatic rings. The van der Waals surface area contributed by atoms with Gasteiger partial charge >= 0.3 is 0 Å². The number of carbonyl (C=O) groups is 2. The first-order valence-corrected chi connectivity index (χ1v) is 9.69. The van der Waals surface area contributed by atoms with Gasteiger partial charge in [-0.25, -0.2) is 4.98 Å². The van der Waals surface area contributed by atoms with E-state index in [-0.39, 0.29) is 17.5 Å². The topological polar surface area (TPSA) is 93.5 Å². The highest BCUT2D eigenvalue weighted by Crippen LogP contribution is 2.26. The van der Waals surface area contributed by atoms with Crippen molar-refractivity contribution in [3.05, 3.63) is 46.6 Å². The van der Waals surface area contributed by atoms with E-state index in [0.717, 1.165) is 6.42 Å². The zero-order chi connectivity index (χ0) is 20.3. The number of halogens is 1. The van der Waals surface area contributed by atoms with Crippen LogP contribution in [0.25, 0.3) is 0 Å². The minimum absolute atomic E-state index is 0.0166. The van der Waals surface area contributed by atoms with E-state index in [1.807, 2.05) is 13.8 Å². The molecule has 1 aliphatic heterocycles. The average molecular weight is 406 g/mol. The van der Waals surface area contributed by atoms with E-state index in [2.05, 4.69) is 15.6 Å². The summed E-state index contributed by atoms with van der Waals surface area (Å²) in [6.07, 6.45) is 1.13. The van der Waals surface area contributed by atoms with Crippen LogP contribution in [-0.4, -0.2) is 29.5 Å². The average Bonchev–Trinajstić information content (AvgIpc) is 3.31. The smallest absolute Gasteiger partial charge is 0.277 e. The molecule has 2 heterocycles. The Balaban J connectivity index is 1.77. The maximum Gasteiger partial charge on any atom is 0.277 e. The van der Waals surface area contributed by atoms with Crippen molar-refractivity contribution in [1.82, 2.24) is 10.3 Å². The van der Waals surface area contributed by atoms with Crippen molar-refractivity contribution in [2.24, 2.45) is 5.92 Å². The predicted octanol–water partition coefficient (Wildman–Crippen LogP) is 3.88. The van der Waals surface area contributed by atoms with Crippen LogP contribution >= 0.6 is 11.6 Å². The number of nitrogens with zero attached hydrogens (tertiary/aromatic N) is 1. The van der Waals surface area contributed by atoms with Gasteiger partial charge in [0, 0.05) is 6.61 Å². The van der Waals surface area contributed by atoms with Crippen LogP contribution < -0.4 is 10.6 Å². The molecular formula is C20H24ClN3O4. The van der Waals surface area contributed by atoms with Gasteiger partial charge in [-0.05, 0) is 37.8 Å². The number of benzene rings is 1. The molecule has 0 radical (unpaired) electrons. The fourth-order valence-electron chi connectivity index (χ4n) is 3.05. The van der Waals surface area contributed by atoms with Gasteiger partial charge in [0.05, 0.1) is 10.7 Å². The number of anilines is 1. The van der Waals surface area contributed by atoms with Gasteiger partial charge in [0.1, 0.15) is 17.9 Å². The zero-order valence-corrected chi connectivity index (χ0v) is 16.9. The Bertz CT molecular complexity index is 859. The number of hydrogen-bond acceptors (Lipinski definition) is 5. The van der Waals surface area contributed by atoms with Gasteiger partial charge < -0.3 is 19.8 Å². The van der Waals surface area contributed by atoms with Crippen molar-refractivity contribution in [3.8, 4) is 0 Å². The summed E-state index contributed by atoms with van der Waals surface area (Å²) in [5.74, 6) is 0.0743. The van der Waals surface area contributed by atoms with Crippen molar-refractivity contribution >= 4 is 29.1 Å². The molecule has 150 valence electrons. The maximum absolute atomic E-state index is 12.6. The molecule has 2 amide bonds. The number of oxazole rings is 1. The van der Waals surface area contributed by atoms with E-state index in [9.17, 15) is 9.59 Å². The largest absolute Gasteiger partial charge is 0.443 e. The van der Waals surface area contributed by atoms with E-state index in [4.69, 9.17) is 20.8 Å². The molecule has 0 bridgehead atoms. The lowest BCUT2D eigenvalue weighted by Crippen LogP contribution is -2.39. The van der Waals surface area contributed by atoms with Gasteiger partial charge in [-0.1, -0.05) is 37.6 Å². The number of nitrogens with one attached hydrogen (secondary N) is 2. The van der Waals surface area contributed by atoms with Crippen molar-refractivity contribution in [1.29, 1.82) is 0 Å². The molecule has 0 aliphatic carbocycles. The Labute approximate surface area is 168 Å². The number of rotatable bonds is 6. The Morgan fingerprint density at radius 1 is 1.29 bits per heavy atom. The molecule has 1 saturated heterocycles. The van der Waals surface area contributed by atoms with Gasteiger partial charge in [0.25, 0.3) is 5.91 Å². The maximum atomic E-state index is 12.6. The minimum atomic E-state index is -0.461. The monoisotopic (exact) mass is 405 g/mol. The molecule has 0 unspecified atom stereocenters. The van der Waals surface area contributed by atoms with Gasteiger partial charge in [0.2, 0.25) is 11.8 Å². The molecule has 8 heteroatoms. The third-order valence-corrected chi connectivity index (χ3v) is 4.93. The van der Waals surface area contributed by atoms with Crippen LogP contribution in [0.1, 0.15) is 54.9 Å². The number of amides is 2. The molecule has 1 aromatic carbocycles. The molecule has 2 atom stereocenters. The molecule has 28 heavy (non-hydrogen) atoms. The van der Waals surface area contributed by atoms with Crippen LogP contribution in [0.2, 0.25) is 5.02 Å². The molecule has 1 aliphatic rings. The second-order valence-corrected chi connectivity index (χ2v) is 7.53. The molecule has 7 nitrogen and oxygen atoms in total. The molecule has 3 rings (SSSR count). The van der Waals surface area contributed by atoms with E-state index in [0.29, 0.717) is 35.4 Å². The molecule has 1 fully saturated rings. The first-order chi connectivity index (χ1) is 13.4. The summed E-state index contributed by atoms with van der Waals surface area (Å²) in [6, 6.07) is 6.49. The first kappa shape index (κ1) is 20.4. The predicted molar refractivity (Wildman–Crippen MR) is 105 cm³/mol. The fraction of sp³-hybridized carbons (Fsp3) is 0.450. The van der Waals surface area contributed by atoms with Crippen molar-refractivity contribution in [3.63, 3.8) is 0 Å². The van der Waals surface area contributed by atoms with Crippen molar-refractivity contribution in [2.45, 2.75) is 45.8 Å². The number of hydrogen-bond donors (Lipinski definition) is 2. The first-order valence-electron chi connectivity index (χ1n) is 9.32. The molecule has 0 saturated carbocycles. The van der Waals surface area contributed by atoms with Crippen molar-refractivity contribution in [2.75, 3.05) is 11.9 Å². The van der Waals surface area contributed by atoms with E-state index in [1.165, 1.54) is 0 Å². The van der Waals surface area contributed by atoms with E-state index in [1.54, 1.807) is 31.2 Å². The van der Waals surface area contributed by atoms with Gasteiger partial charge in [-0.2, -0.15) is 0 Å². The third-order valence-electron chi connectivity index (χ3n) is 4.60. The summed E-state index contributed by atoms with van der Waals surface area (Å²) in [4.78, 5) is 29.4. The zero-order valence-electron chi connectivity index (χ0n) is 16.1. The Morgan fingerprint density at radius 2 is 2.04 bits per heavy atom. The lowest BCUT2D eigenvalue weighted by Gasteiger charge is -2.21. The van der Waals surface area contributed by atoms with Crippen LogP contribution in [0.4, 0.5) is 5.69 Å². The number of aryl methyl sites for hydroxylation is 1. The number of para-hydroxylation sites is 1. The van der Waals surface area contributed by atoms with Gasteiger partial charge in [0.15, 0.2) is 5.69 Å². The standard InChI is InChI=1S/C20H24ClN3O4/c1-11(2)16(23-18(25)15-9-6-10-27-15)20-24-17(12(3)28-20)19(26)22-14-8-5-4-7-13(14)21/h4-5,7-8,11,15-16H,6,9-10H2,1-3H3,(H,22,26)(H,23,25)/t15-,16-/m1/s1. The summed E-state index contributed by atoms with van der Waals surface area (Å²) < 4.78 is 11.2. The van der Waals surface area contributed by atoms with Gasteiger partial charge in [-0.3, -0.25) is 9.59 Å². The summed E-state index contributed by atoms with van der Waals surface area (Å²) in [5, 5.41) is 6.11. The van der Waals surface area contributed by atoms with Crippen LogP contribution in [0.5, 0.6) is 0 Å². The highest BCUT2D eigenvalue weighted by Gasteiger charge is 2.31. The molecule has 2 N–H and O–H groups in total. The van der Waals surface area contributed by atoms with Crippen LogP contribution in [0.15, 0.2) is 28.7 Å². The van der Waals surface area contributed by atoms with Gasteiger partial charge in [-0.15, -0.1) is 0 Å².